The average molecular weight is 623 g/mol. The van der Waals surface area contributed by atoms with Crippen molar-refractivity contribution in [2.24, 2.45) is 0 Å². The number of hydrogen-bond acceptors (Lipinski definition) is 2. The summed E-state index contributed by atoms with van der Waals surface area (Å²) in [5.74, 6) is 0. The largest absolute Gasteiger partial charge is 0.0897 e. The SMILES string of the molecule is CCCCCCCCCCCCCCCCC(=S)CCCCCCCCCCCCCC(=S)CCCCCCCCC. The van der Waals surface area contributed by atoms with Gasteiger partial charge in [-0.05, 0) is 61.1 Å². The molecule has 0 bridgehead atoms. The lowest BCUT2D eigenvalue weighted by molar-refractivity contribution is 0.536. The van der Waals surface area contributed by atoms with Crippen LogP contribution >= 0.6 is 24.4 Å². The van der Waals surface area contributed by atoms with Crippen molar-refractivity contribution in [2.75, 3.05) is 0 Å². The van der Waals surface area contributed by atoms with Crippen LogP contribution in [0.25, 0.3) is 0 Å². The van der Waals surface area contributed by atoms with Gasteiger partial charge in [-0.3, -0.25) is 0 Å². The van der Waals surface area contributed by atoms with Gasteiger partial charge in [0.1, 0.15) is 0 Å². The van der Waals surface area contributed by atoms with Crippen LogP contribution in [0.1, 0.15) is 245 Å². The van der Waals surface area contributed by atoms with Crippen LogP contribution in [0.15, 0.2) is 0 Å². The molecule has 0 aliphatic rings. The standard InChI is InChI=1S/C40H78S2/c1-3-5-7-9-11-12-13-14-15-17-20-24-28-33-37-40(42)38-34-30-26-22-19-16-18-21-25-29-32-36-39(41)35-31-27-23-10-8-6-4-2/h3-38H2,1-2H3. The highest BCUT2D eigenvalue weighted by atomic mass is 32.1. The minimum atomic E-state index is 1.20. The van der Waals surface area contributed by atoms with Gasteiger partial charge >= 0.3 is 0 Å². The molecule has 0 nitrogen and oxygen atoms in total. The molecular formula is C40H78S2. The Morgan fingerprint density at radius 2 is 0.381 bits per heavy atom. The number of thiocarbonyl (C=S) groups is 2. The van der Waals surface area contributed by atoms with Crippen molar-refractivity contribution >= 4 is 34.2 Å². The predicted molar refractivity (Wildman–Crippen MR) is 203 cm³/mol. The topological polar surface area (TPSA) is 0 Å². The molecule has 0 aromatic heterocycles. The Hall–Kier alpha value is 0.180. The summed E-state index contributed by atoms with van der Waals surface area (Å²) in [4.78, 5) is 2.70. The third kappa shape index (κ3) is 36.4. The van der Waals surface area contributed by atoms with Crippen molar-refractivity contribution in [1.82, 2.24) is 0 Å². The van der Waals surface area contributed by atoms with E-state index in [9.17, 15) is 0 Å². The maximum Gasteiger partial charge on any atom is -0.00715 e. The molecule has 0 aromatic carbocycles. The molecule has 0 aliphatic heterocycles. The van der Waals surface area contributed by atoms with E-state index in [0.29, 0.717) is 0 Å². The Balaban J connectivity index is 3.21. The Bertz CT molecular complexity index is 540. The van der Waals surface area contributed by atoms with Gasteiger partial charge in [0, 0.05) is 0 Å². The van der Waals surface area contributed by atoms with E-state index in [1.807, 2.05) is 0 Å². The van der Waals surface area contributed by atoms with Gasteiger partial charge in [0.25, 0.3) is 0 Å². The zero-order chi connectivity index (χ0) is 30.6. The molecular weight excluding hydrogens is 545 g/mol. The Labute approximate surface area is 278 Å². The maximum atomic E-state index is 5.67. The molecule has 0 aliphatic carbocycles. The zero-order valence-electron chi connectivity index (χ0n) is 29.3. The second kappa shape index (κ2) is 37.4. The van der Waals surface area contributed by atoms with Crippen LogP contribution in [0, 0.1) is 0 Å². The highest BCUT2D eigenvalue weighted by Crippen LogP contribution is 2.17. The molecule has 0 heterocycles. The second-order valence-corrected chi connectivity index (χ2v) is 14.8. The third-order valence-corrected chi connectivity index (χ3v) is 10.1. The summed E-state index contributed by atoms with van der Waals surface area (Å²) in [6, 6.07) is 0. The summed E-state index contributed by atoms with van der Waals surface area (Å²) in [6.45, 7) is 4.59. The van der Waals surface area contributed by atoms with E-state index in [0.717, 1.165) is 0 Å². The van der Waals surface area contributed by atoms with Crippen molar-refractivity contribution in [3.63, 3.8) is 0 Å². The molecule has 0 radical (unpaired) electrons. The van der Waals surface area contributed by atoms with Crippen LogP contribution in [-0.2, 0) is 0 Å². The smallest absolute Gasteiger partial charge is 0.00715 e. The van der Waals surface area contributed by atoms with Gasteiger partial charge in [-0.2, -0.15) is 0 Å². The predicted octanol–water partition coefficient (Wildman–Crippen LogP) is 15.8. The highest BCUT2D eigenvalue weighted by Gasteiger charge is 2.01. The molecule has 0 rings (SSSR count). The van der Waals surface area contributed by atoms with Gasteiger partial charge in [0.15, 0.2) is 0 Å². The van der Waals surface area contributed by atoms with Gasteiger partial charge in [-0.25, -0.2) is 0 Å². The lowest BCUT2D eigenvalue weighted by atomic mass is 10.0. The summed E-state index contributed by atoms with van der Waals surface area (Å²) >= 11 is 11.3. The Kier molecular flexibility index (Phi) is 37.5. The van der Waals surface area contributed by atoms with E-state index in [1.54, 1.807) is 0 Å². The van der Waals surface area contributed by atoms with Crippen LogP contribution in [0.2, 0.25) is 0 Å². The van der Waals surface area contributed by atoms with Gasteiger partial charge in [0.05, 0.1) is 0 Å². The van der Waals surface area contributed by atoms with Gasteiger partial charge in [-0.1, -0.05) is 218 Å². The summed E-state index contributed by atoms with van der Waals surface area (Å²) < 4.78 is 0. The van der Waals surface area contributed by atoms with Crippen molar-refractivity contribution in [1.29, 1.82) is 0 Å². The van der Waals surface area contributed by atoms with Gasteiger partial charge in [-0.15, -0.1) is 0 Å². The number of unbranched alkanes of at least 4 members (excludes halogenated alkanes) is 29. The second-order valence-electron chi connectivity index (χ2n) is 13.7. The van der Waals surface area contributed by atoms with Crippen LogP contribution in [0.5, 0.6) is 0 Å². The van der Waals surface area contributed by atoms with Gasteiger partial charge in [0.2, 0.25) is 0 Å². The minimum Gasteiger partial charge on any atom is -0.0897 e. The molecule has 0 amide bonds. The Morgan fingerprint density at radius 3 is 0.548 bits per heavy atom. The first kappa shape index (κ1) is 42.2. The van der Waals surface area contributed by atoms with E-state index in [-0.39, 0.29) is 0 Å². The highest BCUT2D eigenvalue weighted by molar-refractivity contribution is 7.80. The molecule has 2 heteroatoms. The van der Waals surface area contributed by atoms with Crippen LogP contribution in [-0.4, -0.2) is 9.73 Å². The first-order chi connectivity index (χ1) is 20.7. The molecule has 0 atom stereocenters. The lowest BCUT2D eigenvalue weighted by Gasteiger charge is -2.06. The molecule has 0 aromatic rings. The van der Waals surface area contributed by atoms with Crippen LogP contribution < -0.4 is 0 Å². The lowest BCUT2D eigenvalue weighted by Crippen LogP contribution is -1.95. The molecule has 0 N–H and O–H groups in total. The summed E-state index contributed by atoms with van der Waals surface area (Å²) in [6.07, 6.45) is 50.1. The summed E-state index contributed by atoms with van der Waals surface area (Å²) in [7, 11) is 0. The van der Waals surface area contributed by atoms with E-state index in [4.69, 9.17) is 24.4 Å². The molecule has 0 saturated carbocycles. The summed E-state index contributed by atoms with van der Waals surface area (Å²) in [5, 5.41) is 0. The first-order valence-corrected chi connectivity index (χ1v) is 20.6. The maximum absolute atomic E-state index is 5.67. The molecule has 0 spiro atoms. The van der Waals surface area contributed by atoms with Crippen LogP contribution in [0.3, 0.4) is 0 Å². The first-order valence-electron chi connectivity index (χ1n) is 19.7. The van der Waals surface area contributed by atoms with Crippen molar-refractivity contribution in [3.05, 3.63) is 0 Å². The fourth-order valence-corrected chi connectivity index (χ4v) is 6.86. The van der Waals surface area contributed by atoms with Gasteiger partial charge < -0.3 is 0 Å². The van der Waals surface area contributed by atoms with E-state index < -0.39 is 0 Å². The zero-order valence-corrected chi connectivity index (χ0v) is 30.9. The van der Waals surface area contributed by atoms with E-state index in [2.05, 4.69) is 13.8 Å². The molecule has 42 heavy (non-hydrogen) atoms. The fraction of sp³-hybridized carbons (Fsp3) is 0.950. The average Bonchev–Trinajstić information content (AvgIpc) is 2.99. The molecule has 0 unspecified atom stereocenters. The summed E-state index contributed by atoms with van der Waals surface area (Å²) in [5.41, 5.74) is 0. The fourth-order valence-electron chi connectivity index (χ4n) is 6.28. The monoisotopic (exact) mass is 623 g/mol. The van der Waals surface area contributed by atoms with Crippen molar-refractivity contribution in [3.8, 4) is 0 Å². The Morgan fingerprint density at radius 1 is 0.238 bits per heavy atom. The molecule has 250 valence electrons. The third-order valence-electron chi connectivity index (χ3n) is 9.28. The molecule has 0 fully saturated rings. The minimum absolute atomic E-state index is 1.20. The quantitative estimate of drug-likeness (QED) is 0.0499. The molecule has 0 saturated heterocycles. The number of hydrogen-bond donors (Lipinski definition) is 0. The van der Waals surface area contributed by atoms with E-state index >= 15 is 0 Å². The van der Waals surface area contributed by atoms with Crippen LogP contribution in [0.4, 0.5) is 0 Å². The number of rotatable bonds is 37. The van der Waals surface area contributed by atoms with Crippen molar-refractivity contribution < 1.29 is 0 Å². The normalized spacial score (nSPS) is 11.4. The van der Waals surface area contributed by atoms with E-state index in [1.165, 1.54) is 241 Å². The van der Waals surface area contributed by atoms with Crippen molar-refractivity contribution in [2.45, 2.75) is 245 Å².